The molecular formula is C24H26N4O2. The van der Waals surface area contributed by atoms with Gasteiger partial charge in [-0.25, -0.2) is 9.97 Å². The Balaban J connectivity index is 1.39. The van der Waals surface area contributed by atoms with Gasteiger partial charge in [0.25, 0.3) is 0 Å². The second-order valence-corrected chi connectivity index (χ2v) is 7.92. The maximum absolute atomic E-state index is 11.5. The predicted octanol–water partition coefficient (Wildman–Crippen LogP) is 3.48. The van der Waals surface area contributed by atoms with E-state index in [0.717, 1.165) is 41.4 Å². The van der Waals surface area contributed by atoms with E-state index >= 15 is 0 Å². The molecule has 0 amide bonds. The Labute approximate surface area is 177 Å². The van der Waals surface area contributed by atoms with Crippen LogP contribution in [0.2, 0.25) is 0 Å². The van der Waals surface area contributed by atoms with Gasteiger partial charge in [0, 0.05) is 12.8 Å². The number of carbonyl (C=O) groups is 1. The van der Waals surface area contributed by atoms with Gasteiger partial charge < -0.3 is 9.64 Å². The van der Waals surface area contributed by atoms with Crippen molar-refractivity contribution in [2.45, 2.75) is 39.7 Å². The summed E-state index contributed by atoms with van der Waals surface area (Å²) >= 11 is 0. The average molecular weight is 402 g/mol. The van der Waals surface area contributed by atoms with Crippen LogP contribution in [0.3, 0.4) is 0 Å². The fourth-order valence-corrected chi connectivity index (χ4v) is 3.60. The van der Waals surface area contributed by atoms with Crippen LogP contribution in [0.25, 0.3) is 0 Å². The van der Waals surface area contributed by atoms with Crippen LogP contribution >= 0.6 is 0 Å². The number of ketones is 1. The third-order valence-electron chi connectivity index (χ3n) is 5.41. The molecule has 0 aliphatic carbocycles. The Kier molecular flexibility index (Phi) is 5.74. The maximum Gasteiger partial charge on any atom is 0.228 e. The number of carbonyl (C=O) groups excluding carboxylic acids is 1. The topological polar surface area (TPSA) is 68.2 Å². The number of aromatic nitrogens is 3. The second kappa shape index (κ2) is 8.61. The predicted molar refractivity (Wildman–Crippen MR) is 116 cm³/mol. The van der Waals surface area contributed by atoms with Gasteiger partial charge in [0.05, 0.1) is 13.1 Å². The Morgan fingerprint density at radius 2 is 1.80 bits per heavy atom. The molecule has 0 N–H and O–H groups in total. The van der Waals surface area contributed by atoms with E-state index in [-0.39, 0.29) is 11.9 Å². The SMILES string of the molecule is CC(=O)Cc1cccc(Cc2ncnc(N3CC(Oc4ccc(C)cc4)C3)n2)c1C. The summed E-state index contributed by atoms with van der Waals surface area (Å²) in [4.78, 5) is 27.0. The van der Waals surface area contributed by atoms with Crippen LogP contribution in [0.5, 0.6) is 5.75 Å². The molecule has 0 bridgehead atoms. The zero-order valence-corrected chi connectivity index (χ0v) is 17.6. The highest BCUT2D eigenvalue weighted by molar-refractivity contribution is 5.78. The minimum atomic E-state index is 0.137. The molecule has 4 rings (SSSR count). The van der Waals surface area contributed by atoms with Crippen molar-refractivity contribution in [1.82, 2.24) is 15.0 Å². The lowest BCUT2D eigenvalue weighted by atomic mass is 9.97. The van der Waals surface area contributed by atoms with E-state index in [9.17, 15) is 4.79 Å². The lowest BCUT2D eigenvalue weighted by Crippen LogP contribution is -2.54. The first-order valence-corrected chi connectivity index (χ1v) is 10.2. The third kappa shape index (κ3) is 4.64. The van der Waals surface area contributed by atoms with Crippen molar-refractivity contribution in [2.24, 2.45) is 0 Å². The van der Waals surface area contributed by atoms with Crippen LogP contribution in [-0.4, -0.2) is 39.9 Å². The summed E-state index contributed by atoms with van der Waals surface area (Å²) in [6.07, 6.45) is 2.78. The van der Waals surface area contributed by atoms with Crippen LogP contribution in [0.1, 0.15) is 35.0 Å². The van der Waals surface area contributed by atoms with Crippen molar-refractivity contribution in [3.05, 3.63) is 76.9 Å². The largest absolute Gasteiger partial charge is 0.487 e. The van der Waals surface area contributed by atoms with E-state index in [1.165, 1.54) is 5.56 Å². The lowest BCUT2D eigenvalue weighted by molar-refractivity contribution is -0.116. The molecule has 6 heteroatoms. The number of Topliss-reactive ketones (excluding diaryl/α,β-unsaturated/α-hetero) is 1. The molecule has 30 heavy (non-hydrogen) atoms. The van der Waals surface area contributed by atoms with Gasteiger partial charge in [0.1, 0.15) is 29.8 Å². The molecule has 1 aliphatic rings. The summed E-state index contributed by atoms with van der Waals surface area (Å²) in [6.45, 7) is 7.24. The minimum Gasteiger partial charge on any atom is -0.487 e. The highest BCUT2D eigenvalue weighted by Gasteiger charge is 2.30. The Bertz CT molecular complexity index is 1040. The van der Waals surface area contributed by atoms with Gasteiger partial charge in [-0.05, 0) is 49.6 Å². The number of anilines is 1. The molecule has 0 saturated carbocycles. The molecule has 0 radical (unpaired) electrons. The van der Waals surface area contributed by atoms with Gasteiger partial charge in [-0.3, -0.25) is 4.79 Å². The number of ether oxygens (including phenoxy) is 1. The van der Waals surface area contributed by atoms with Crippen molar-refractivity contribution >= 4 is 11.7 Å². The summed E-state index contributed by atoms with van der Waals surface area (Å²) in [5, 5.41) is 0. The number of hydrogen-bond donors (Lipinski definition) is 0. The average Bonchev–Trinajstić information content (AvgIpc) is 2.69. The molecule has 1 fully saturated rings. The first kappa shape index (κ1) is 20.0. The second-order valence-electron chi connectivity index (χ2n) is 7.92. The molecule has 1 aliphatic heterocycles. The van der Waals surface area contributed by atoms with Gasteiger partial charge in [-0.15, -0.1) is 0 Å². The summed E-state index contributed by atoms with van der Waals surface area (Å²) in [6, 6.07) is 14.2. The molecule has 1 aromatic heterocycles. The molecule has 3 aromatic rings. The van der Waals surface area contributed by atoms with E-state index in [2.05, 4.69) is 51.9 Å². The molecule has 154 valence electrons. The number of nitrogens with zero attached hydrogens (tertiary/aromatic N) is 4. The molecule has 6 nitrogen and oxygen atoms in total. The van der Waals surface area contributed by atoms with Gasteiger partial charge in [-0.1, -0.05) is 35.9 Å². The number of benzene rings is 2. The zero-order chi connectivity index (χ0) is 21.1. The highest BCUT2D eigenvalue weighted by atomic mass is 16.5. The number of rotatable bonds is 7. The molecule has 0 atom stereocenters. The lowest BCUT2D eigenvalue weighted by Gasteiger charge is -2.38. The summed E-state index contributed by atoms with van der Waals surface area (Å²) in [5.41, 5.74) is 4.55. The molecule has 0 unspecified atom stereocenters. The van der Waals surface area contributed by atoms with Gasteiger partial charge >= 0.3 is 0 Å². The van der Waals surface area contributed by atoms with Crippen LogP contribution in [0.4, 0.5) is 5.95 Å². The Morgan fingerprint density at radius 3 is 2.53 bits per heavy atom. The Morgan fingerprint density at radius 1 is 1.07 bits per heavy atom. The van der Waals surface area contributed by atoms with Crippen molar-refractivity contribution in [3.63, 3.8) is 0 Å². The summed E-state index contributed by atoms with van der Waals surface area (Å²) in [7, 11) is 0. The monoisotopic (exact) mass is 402 g/mol. The molecular weight excluding hydrogens is 376 g/mol. The maximum atomic E-state index is 11.5. The van der Waals surface area contributed by atoms with E-state index in [1.807, 2.05) is 24.3 Å². The first-order chi connectivity index (χ1) is 14.5. The van der Waals surface area contributed by atoms with Gasteiger partial charge in [0.2, 0.25) is 5.95 Å². The zero-order valence-electron chi connectivity index (χ0n) is 17.6. The first-order valence-electron chi connectivity index (χ1n) is 10.2. The number of hydrogen-bond acceptors (Lipinski definition) is 6. The number of aryl methyl sites for hydroxylation is 1. The summed E-state index contributed by atoms with van der Waals surface area (Å²) < 4.78 is 6.00. The standard InChI is InChI=1S/C24H26N4O2/c1-16-7-9-21(10-8-16)30-22-13-28(14-22)24-26-15-25-23(27-24)12-20-6-4-5-19(18(20)3)11-17(2)29/h4-10,15,22H,11-14H2,1-3H3. The van der Waals surface area contributed by atoms with Crippen molar-refractivity contribution in [2.75, 3.05) is 18.0 Å². The van der Waals surface area contributed by atoms with E-state index in [4.69, 9.17) is 4.74 Å². The fraction of sp³-hybridized carbons (Fsp3) is 0.333. The van der Waals surface area contributed by atoms with Crippen molar-refractivity contribution in [3.8, 4) is 5.75 Å². The smallest absolute Gasteiger partial charge is 0.228 e. The van der Waals surface area contributed by atoms with Crippen LogP contribution in [-0.2, 0) is 17.6 Å². The van der Waals surface area contributed by atoms with Crippen molar-refractivity contribution in [1.29, 1.82) is 0 Å². The van der Waals surface area contributed by atoms with Gasteiger partial charge in [0.15, 0.2) is 0 Å². The van der Waals surface area contributed by atoms with Crippen LogP contribution < -0.4 is 9.64 Å². The highest BCUT2D eigenvalue weighted by Crippen LogP contribution is 2.22. The van der Waals surface area contributed by atoms with Crippen molar-refractivity contribution < 1.29 is 9.53 Å². The molecule has 0 spiro atoms. The quantitative estimate of drug-likeness (QED) is 0.603. The van der Waals surface area contributed by atoms with E-state index in [1.54, 1.807) is 13.3 Å². The fourth-order valence-electron chi connectivity index (χ4n) is 3.60. The summed E-state index contributed by atoms with van der Waals surface area (Å²) in [5.74, 6) is 2.47. The Hall–Kier alpha value is -3.28. The van der Waals surface area contributed by atoms with Crippen LogP contribution in [0, 0.1) is 13.8 Å². The molecule has 1 saturated heterocycles. The normalized spacial score (nSPS) is 13.8. The molecule has 2 heterocycles. The minimum absolute atomic E-state index is 0.137. The van der Waals surface area contributed by atoms with Gasteiger partial charge in [-0.2, -0.15) is 4.98 Å². The van der Waals surface area contributed by atoms with Crippen LogP contribution in [0.15, 0.2) is 48.8 Å². The third-order valence-corrected chi connectivity index (χ3v) is 5.41. The van der Waals surface area contributed by atoms with E-state index in [0.29, 0.717) is 18.8 Å². The molecule has 2 aromatic carbocycles. The van der Waals surface area contributed by atoms with E-state index < -0.39 is 0 Å².